The highest BCUT2D eigenvalue weighted by molar-refractivity contribution is 6.46. The van der Waals surface area contributed by atoms with Gasteiger partial charge in [-0.3, -0.25) is 9.59 Å². The van der Waals surface area contributed by atoms with Gasteiger partial charge >= 0.3 is 0 Å². The van der Waals surface area contributed by atoms with Crippen molar-refractivity contribution in [3.63, 3.8) is 0 Å². The lowest BCUT2D eigenvalue weighted by Crippen LogP contribution is -2.38. The van der Waals surface area contributed by atoms with E-state index in [2.05, 4.69) is 32.6 Å². The Morgan fingerprint density at radius 3 is 2.12 bits per heavy atom. The minimum Gasteiger partial charge on any atom is -0.507 e. The van der Waals surface area contributed by atoms with Crippen LogP contribution < -0.4 is 14.2 Å². The van der Waals surface area contributed by atoms with Crippen molar-refractivity contribution in [1.82, 2.24) is 9.80 Å². The molecule has 0 spiro atoms. The normalized spacial score (nSPS) is 16.5. The van der Waals surface area contributed by atoms with E-state index in [1.54, 1.807) is 42.3 Å². The van der Waals surface area contributed by atoms with E-state index in [9.17, 15) is 14.7 Å². The molecule has 224 valence electrons. The highest BCUT2D eigenvalue weighted by Crippen LogP contribution is 2.42. The number of likely N-dealkylation sites (tertiary alicyclic amines) is 1. The Labute approximate surface area is 244 Å². The minimum atomic E-state index is -0.773. The number of carbonyl (C=O) groups excluding carboxylic acids is 2. The van der Waals surface area contributed by atoms with Crippen molar-refractivity contribution in [2.24, 2.45) is 0 Å². The third kappa shape index (κ3) is 7.61. The van der Waals surface area contributed by atoms with Gasteiger partial charge in [0.15, 0.2) is 11.5 Å². The molecule has 1 unspecified atom stereocenters. The molecule has 0 bridgehead atoms. The fourth-order valence-corrected chi connectivity index (χ4v) is 4.99. The third-order valence-electron chi connectivity index (χ3n) is 7.55. The number of amides is 1. The molecule has 41 heavy (non-hydrogen) atoms. The van der Waals surface area contributed by atoms with Crippen LogP contribution in [0.25, 0.3) is 5.76 Å². The summed E-state index contributed by atoms with van der Waals surface area (Å²) in [5, 5.41) is 11.6. The molecule has 1 saturated heterocycles. The van der Waals surface area contributed by atoms with Gasteiger partial charge in [-0.2, -0.15) is 0 Å². The number of aliphatic hydroxyl groups excluding tert-OH is 1. The molecule has 8 nitrogen and oxygen atoms in total. The van der Waals surface area contributed by atoms with E-state index in [4.69, 9.17) is 14.2 Å². The maximum atomic E-state index is 13.5. The average molecular weight is 567 g/mol. The lowest BCUT2D eigenvalue weighted by atomic mass is 9.94. The summed E-state index contributed by atoms with van der Waals surface area (Å²) in [6.45, 7) is 14.0. The van der Waals surface area contributed by atoms with Gasteiger partial charge in [0.1, 0.15) is 11.5 Å². The van der Waals surface area contributed by atoms with Crippen LogP contribution in [0.4, 0.5) is 0 Å². The zero-order chi connectivity index (χ0) is 29.9. The Bertz CT molecular complexity index is 1220. The summed E-state index contributed by atoms with van der Waals surface area (Å²) in [6, 6.07) is 10.00. The smallest absolute Gasteiger partial charge is 0.295 e. The van der Waals surface area contributed by atoms with Crippen LogP contribution in [0.2, 0.25) is 0 Å². The number of hydrogen-bond acceptors (Lipinski definition) is 7. The summed E-state index contributed by atoms with van der Waals surface area (Å²) >= 11 is 0. The summed E-state index contributed by atoms with van der Waals surface area (Å²) < 4.78 is 17.4. The minimum absolute atomic E-state index is 0.0651. The predicted molar refractivity (Wildman–Crippen MR) is 162 cm³/mol. The van der Waals surface area contributed by atoms with E-state index in [0.717, 1.165) is 50.1 Å². The Balaban J connectivity index is 2.08. The molecule has 1 aliphatic heterocycles. The second-order valence-electron chi connectivity index (χ2n) is 10.3. The summed E-state index contributed by atoms with van der Waals surface area (Å²) in [4.78, 5) is 30.7. The molecule has 1 N–H and O–H groups in total. The molecule has 2 aromatic rings. The number of benzene rings is 2. The maximum absolute atomic E-state index is 13.5. The van der Waals surface area contributed by atoms with Gasteiger partial charge in [-0.05, 0) is 74.3 Å². The van der Waals surface area contributed by atoms with Crippen molar-refractivity contribution in [2.75, 3.05) is 46.5 Å². The quantitative estimate of drug-likeness (QED) is 0.113. The van der Waals surface area contributed by atoms with Crippen LogP contribution in [0.5, 0.6) is 17.2 Å². The number of methoxy groups -OCH3 is 1. The first-order chi connectivity index (χ1) is 19.8. The Morgan fingerprint density at radius 2 is 1.54 bits per heavy atom. The van der Waals surface area contributed by atoms with Gasteiger partial charge in [0.25, 0.3) is 11.7 Å². The van der Waals surface area contributed by atoms with Crippen molar-refractivity contribution in [3.8, 4) is 17.2 Å². The van der Waals surface area contributed by atoms with Gasteiger partial charge in [0, 0.05) is 18.7 Å². The highest BCUT2D eigenvalue weighted by atomic mass is 16.5. The number of unbranched alkanes of at least 4 members (excludes halogenated alkanes) is 2. The molecular weight excluding hydrogens is 520 g/mol. The van der Waals surface area contributed by atoms with E-state index < -0.39 is 17.7 Å². The number of carbonyl (C=O) groups is 2. The van der Waals surface area contributed by atoms with E-state index >= 15 is 0 Å². The van der Waals surface area contributed by atoms with E-state index in [-0.39, 0.29) is 11.3 Å². The van der Waals surface area contributed by atoms with Crippen LogP contribution in [0.1, 0.15) is 76.1 Å². The number of nitrogens with zero attached hydrogens (tertiary/aromatic N) is 2. The van der Waals surface area contributed by atoms with Crippen LogP contribution in [0.15, 0.2) is 42.0 Å². The molecule has 0 radical (unpaired) electrons. The molecule has 0 aliphatic carbocycles. The number of aliphatic hydroxyl groups is 1. The Morgan fingerprint density at radius 1 is 0.902 bits per heavy atom. The van der Waals surface area contributed by atoms with Crippen molar-refractivity contribution >= 4 is 17.4 Å². The van der Waals surface area contributed by atoms with Gasteiger partial charge in [-0.15, -0.1) is 0 Å². The Kier molecular flexibility index (Phi) is 12.1. The van der Waals surface area contributed by atoms with Gasteiger partial charge in [-0.25, -0.2) is 0 Å². The first-order valence-corrected chi connectivity index (χ1v) is 14.9. The van der Waals surface area contributed by atoms with Crippen molar-refractivity contribution in [1.29, 1.82) is 0 Å². The van der Waals surface area contributed by atoms with Crippen LogP contribution in [0.3, 0.4) is 0 Å². The first kappa shape index (κ1) is 32.0. The fraction of sp³-hybridized carbons (Fsp3) is 0.515. The van der Waals surface area contributed by atoms with Crippen molar-refractivity contribution < 1.29 is 28.9 Å². The number of Topliss-reactive ketones (excluding diaryl/α,β-unsaturated/α-hetero) is 1. The SMILES string of the molecule is CCCCOc1ccc(/C(O)=C2\C(=O)C(=O)N(CCN(CC)CC)C2c2ccc(OCCCC)c(OC)c2)cc1C. The molecule has 1 atom stereocenters. The summed E-state index contributed by atoms with van der Waals surface area (Å²) in [6.07, 6.45) is 3.90. The van der Waals surface area contributed by atoms with Crippen molar-refractivity contribution in [2.45, 2.75) is 66.3 Å². The first-order valence-electron chi connectivity index (χ1n) is 14.9. The number of ketones is 1. The molecule has 8 heteroatoms. The van der Waals surface area contributed by atoms with Gasteiger partial charge in [0.05, 0.1) is 31.9 Å². The van der Waals surface area contributed by atoms with E-state index in [1.165, 1.54) is 0 Å². The van der Waals surface area contributed by atoms with Gasteiger partial charge in [0.2, 0.25) is 0 Å². The molecule has 1 fully saturated rings. The van der Waals surface area contributed by atoms with Crippen LogP contribution in [-0.2, 0) is 9.59 Å². The Hall–Kier alpha value is -3.52. The van der Waals surface area contributed by atoms with Crippen LogP contribution in [-0.4, -0.2) is 73.1 Å². The van der Waals surface area contributed by atoms with Gasteiger partial charge < -0.3 is 29.1 Å². The predicted octanol–water partition coefficient (Wildman–Crippen LogP) is 6.12. The number of ether oxygens (including phenoxy) is 3. The highest BCUT2D eigenvalue weighted by Gasteiger charge is 2.46. The summed E-state index contributed by atoms with van der Waals surface area (Å²) in [5.74, 6) is 0.313. The largest absolute Gasteiger partial charge is 0.507 e. The summed E-state index contributed by atoms with van der Waals surface area (Å²) in [5.41, 5.74) is 2.04. The third-order valence-corrected chi connectivity index (χ3v) is 7.55. The van der Waals surface area contributed by atoms with Crippen LogP contribution in [0, 0.1) is 6.92 Å². The second kappa shape index (κ2) is 15.5. The number of rotatable bonds is 16. The second-order valence-corrected chi connectivity index (χ2v) is 10.3. The zero-order valence-corrected chi connectivity index (χ0v) is 25.5. The monoisotopic (exact) mass is 566 g/mol. The zero-order valence-electron chi connectivity index (χ0n) is 25.5. The van der Waals surface area contributed by atoms with Gasteiger partial charge in [-0.1, -0.05) is 46.6 Å². The number of likely N-dealkylation sites (N-methyl/N-ethyl adjacent to an activating group) is 1. The fourth-order valence-electron chi connectivity index (χ4n) is 4.99. The number of aryl methyl sites for hydroxylation is 1. The molecule has 1 aliphatic rings. The number of hydrogen-bond donors (Lipinski definition) is 1. The van der Waals surface area contributed by atoms with E-state index in [1.807, 2.05) is 13.0 Å². The molecule has 3 rings (SSSR count). The van der Waals surface area contributed by atoms with Crippen LogP contribution >= 0.6 is 0 Å². The molecule has 0 aromatic heterocycles. The van der Waals surface area contributed by atoms with E-state index in [0.29, 0.717) is 48.9 Å². The standard InChI is InChI=1S/C33H46N2O6/c1-7-11-19-40-26-15-14-25(21-23(26)5)31(36)29-30(35(33(38)32(29)37)18-17-34(9-3)10-4)24-13-16-27(28(22-24)39-6)41-20-12-8-2/h13-16,21-22,30,36H,7-12,17-20H2,1-6H3/b31-29+. The molecular formula is C33H46N2O6. The molecule has 1 amide bonds. The lowest BCUT2D eigenvalue weighted by Gasteiger charge is -2.28. The topological polar surface area (TPSA) is 88.5 Å². The lowest BCUT2D eigenvalue weighted by molar-refractivity contribution is -0.140. The maximum Gasteiger partial charge on any atom is 0.295 e. The average Bonchev–Trinajstić information content (AvgIpc) is 3.23. The molecule has 1 heterocycles. The van der Waals surface area contributed by atoms with Crippen molar-refractivity contribution in [3.05, 3.63) is 58.7 Å². The molecule has 0 saturated carbocycles. The summed E-state index contributed by atoms with van der Waals surface area (Å²) in [7, 11) is 1.57. The molecule has 2 aromatic carbocycles.